The molecule has 0 spiro atoms. The molecule has 4 rings (SSSR count). The average Bonchev–Trinajstić information content (AvgIpc) is 3.36. The third-order valence-electron chi connectivity index (χ3n) is 6.81. The number of hydrogen-bond acceptors (Lipinski definition) is 4. The van der Waals surface area contributed by atoms with Crippen molar-refractivity contribution in [2.75, 3.05) is 13.2 Å². The highest BCUT2D eigenvalue weighted by Gasteiger charge is 2.32. The van der Waals surface area contributed by atoms with E-state index in [1.54, 1.807) is 0 Å². The van der Waals surface area contributed by atoms with Crippen LogP contribution in [0.25, 0.3) is 0 Å². The highest BCUT2D eigenvalue weighted by molar-refractivity contribution is 6.01. The lowest BCUT2D eigenvalue weighted by Gasteiger charge is -2.24. The second kappa shape index (κ2) is 8.95. The number of ether oxygens (including phenoxy) is 1. The molecule has 1 amide bonds. The molecule has 0 bridgehead atoms. The van der Waals surface area contributed by atoms with E-state index in [9.17, 15) is 9.59 Å². The number of likely N-dealkylation sites (tertiary alicyclic amines) is 1. The number of pyridine rings is 1. The summed E-state index contributed by atoms with van der Waals surface area (Å²) < 4.78 is 7.68. The summed E-state index contributed by atoms with van der Waals surface area (Å²) in [5, 5.41) is 0. The van der Waals surface area contributed by atoms with Gasteiger partial charge in [0, 0.05) is 37.4 Å². The van der Waals surface area contributed by atoms with Crippen LogP contribution in [0.2, 0.25) is 0 Å². The summed E-state index contributed by atoms with van der Waals surface area (Å²) in [6.45, 7) is 10.7. The van der Waals surface area contributed by atoms with Crippen molar-refractivity contribution >= 4 is 11.7 Å². The molecular weight excluding hydrogens is 390 g/mol. The van der Waals surface area contributed by atoms with E-state index in [2.05, 4.69) is 31.8 Å². The van der Waals surface area contributed by atoms with Gasteiger partial charge in [0.25, 0.3) is 5.91 Å². The number of aryl methyl sites for hydroxylation is 1. The fourth-order valence-corrected chi connectivity index (χ4v) is 4.87. The molecule has 0 N–H and O–H groups in total. The Hall–Kier alpha value is -2.47. The molecule has 0 saturated carbocycles. The summed E-state index contributed by atoms with van der Waals surface area (Å²) in [4.78, 5) is 33.1. The van der Waals surface area contributed by atoms with Gasteiger partial charge in [-0.05, 0) is 56.2 Å². The van der Waals surface area contributed by atoms with Crippen LogP contribution in [0.3, 0.4) is 0 Å². The van der Waals surface area contributed by atoms with Gasteiger partial charge < -0.3 is 14.2 Å². The van der Waals surface area contributed by atoms with E-state index in [1.165, 1.54) is 0 Å². The summed E-state index contributed by atoms with van der Waals surface area (Å²) in [7, 11) is 0. The molecule has 2 aromatic rings. The van der Waals surface area contributed by atoms with Crippen molar-refractivity contribution in [2.45, 2.75) is 72.1 Å². The normalized spacial score (nSPS) is 19.5. The van der Waals surface area contributed by atoms with Crippen molar-refractivity contribution in [3.8, 4) is 0 Å². The molecule has 0 aliphatic carbocycles. The van der Waals surface area contributed by atoms with E-state index in [0.717, 1.165) is 36.3 Å². The lowest BCUT2D eigenvalue weighted by molar-refractivity contribution is 0.0698. The fourth-order valence-electron chi connectivity index (χ4n) is 4.87. The summed E-state index contributed by atoms with van der Waals surface area (Å²) in [6.07, 6.45) is 4.36. The Morgan fingerprint density at radius 3 is 2.71 bits per heavy atom. The predicted octanol–water partition coefficient (Wildman–Crippen LogP) is 4.36. The largest absolute Gasteiger partial charge is 0.373 e. The highest BCUT2D eigenvalue weighted by atomic mass is 16.5. The van der Waals surface area contributed by atoms with Gasteiger partial charge in [0.1, 0.15) is 0 Å². The molecule has 0 unspecified atom stereocenters. The Morgan fingerprint density at radius 2 is 2.06 bits per heavy atom. The molecule has 6 nitrogen and oxygen atoms in total. The Morgan fingerprint density at radius 1 is 1.26 bits per heavy atom. The van der Waals surface area contributed by atoms with Gasteiger partial charge in [-0.3, -0.25) is 14.6 Å². The minimum absolute atomic E-state index is 0.0291. The summed E-state index contributed by atoms with van der Waals surface area (Å²) >= 11 is 0. The maximum atomic E-state index is 13.5. The van der Waals surface area contributed by atoms with E-state index < -0.39 is 0 Å². The molecular formula is C25H33N3O3. The van der Waals surface area contributed by atoms with Gasteiger partial charge in [0.05, 0.1) is 30.2 Å². The zero-order valence-corrected chi connectivity index (χ0v) is 19.1. The van der Waals surface area contributed by atoms with Crippen LogP contribution in [0.5, 0.6) is 0 Å². The zero-order valence-electron chi connectivity index (χ0n) is 19.1. The number of carbonyl (C=O) groups is 2. The third-order valence-corrected chi connectivity index (χ3v) is 6.81. The van der Waals surface area contributed by atoms with E-state index in [0.29, 0.717) is 43.4 Å². The molecule has 0 radical (unpaired) electrons. The van der Waals surface area contributed by atoms with E-state index in [4.69, 9.17) is 4.74 Å². The molecule has 31 heavy (non-hydrogen) atoms. The SMILES string of the molecule is Cc1ccc([C@H](CC(=O)c2cc(C(=O)N3CCC[C@@H]3C)c3n2CCOC3)C(C)C)cn1. The second-order valence-electron chi connectivity index (χ2n) is 9.29. The fraction of sp³-hybridized carbons (Fsp3) is 0.560. The van der Waals surface area contributed by atoms with Crippen molar-refractivity contribution in [3.63, 3.8) is 0 Å². The Labute approximate surface area is 184 Å². The lowest BCUT2D eigenvalue weighted by atomic mass is 9.84. The van der Waals surface area contributed by atoms with Crippen LogP contribution in [-0.4, -0.2) is 45.3 Å². The van der Waals surface area contributed by atoms with E-state index >= 15 is 0 Å². The molecule has 0 aromatic carbocycles. The van der Waals surface area contributed by atoms with Crippen LogP contribution in [0.4, 0.5) is 0 Å². The van der Waals surface area contributed by atoms with Gasteiger partial charge in [-0.2, -0.15) is 0 Å². The standard InChI is InChI=1S/C25H33N3O3/c1-16(2)20(19-8-7-17(3)26-14-19)13-24(29)22-12-21(23-15-31-11-10-28(22)23)25(30)27-9-5-6-18(27)4/h7-8,12,14,16,18,20H,5-6,9-11,13,15H2,1-4H3/t18-,20+/m0/s1. The van der Waals surface area contributed by atoms with Crippen molar-refractivity contribution in [3.05, 3.63) is 52.6 Å². The zero-order chi connectivity index (χ0) is 22.1. The molecule has 2 aromatic heterocycles. The number of aromatic nitrogens is 2. The van der Waals surface area contributed by atoms with E-state index in [1.807, 2.05) is 34.7 Å². The molecule has 1 fully saturated rings. The topological polar surface area (TPSA) is 64.4 Å². The number of hydrogen-bond donors (Lipinski definition) is 0. The predicted molar refractivity (Wildman–Crippen MR) is 119 cm³/mol. The number of amides is 1. The number of ketones is 1. The van der Waals surface area contributed by atoms with Crippen LogP contribution >= 0.6 is 0 Å². The third kappa shape index (κ3) is 4.31. The van der Waals surface area contributed by atoms with Crippen LogP contribution in [-0.2, 0) is 17.9 Å². The van der Waals surface area contributed by atoms with Crippen LogP contribution in [0.15, 0.2) is 24.4 Å². The van der Waals surface area contributed by atoms with Gasteiger partial charge in [0.2, 0.25) is 0 Å². The van der Waals surface area contributed by atoms with Gasteiger partial charge in [-0.1, -0.05) is 19.9 Å². The van der Waals surface area contributed by atoms with Crippen molar-refractivity contribution < 1.29 is 14.3 Å². The second-order valence-corrected chi connectivity index (χ2v) is 9.29. The quantitative estimate of drug-likeness (QED) is 0.648. The molecule has 166 valence electrons. The van der Waals surface area contributed by atoms with Gasteiger partial charge >= 0.3 is 0 Å². The number of carbonyl (C=O) groups excluding carboxylic acids is 2. The molecule has 2 atom stereocenters. The van der Waals surface area contributed by atoms with Gasteiger partial charge in [-0.25, -0.2) is 0 Å². The molecule has 2 aliphatic heterocycles. The van der Waals surface area contributed by atoms with E-state index in [-0.39, 0.29) is 23.7 Å². The Balaban J connectivity index is 1.63. The minimum atomic E-state index is 0.0291. The van der Waals surface area contributed by atoms with Crippen LogP contribution in [0, 0.1) is 12.8 Å². The summed E-state index contributed by atoms with van der Waals surface area (Å²) in [6, 6.07) is 6.14. The van der Waals surface area contributed by atoms with Gasteiger partial charge in [0.15, 0.2) is 5.78 Å². The summed E-state index contributed by atoms with van der Waals surface area (Å²) in [5.41, 5.74) is 4.17. The van der Waals surface area contributed by atoms with Crippen molar-refractivity contribution in [1.82, 2.24) is 14.5 Å². The first-order valence-corrected chi connectivity index (χ1v) is 11.4. The lowest BCUT2D eigenvalue weighted by Crippen LogP contribution is -2.34. The van der Waals surface area contributed by atoms with Crippen LogP contribution in [0.1, 0.15) is 83.7 Å². The van der Waals surface area contributed by atoms with Crippen molar-refractivity contribution in [2.24, 2.45) is 5.92 Å². The Bertz CT molecular complexity index is 961. The maximum Gasteiger partial charge on any atom is 0.256 e. The molecule has 1 saturated heterocycles. The highest BCUT2D eigenvalue weighted by Crippen LogP contribution is 2.31. The number of fused-ring (bicyclic) bond motifs is 1. The first-order chi connectivity index (χ1) is 14.9. The maximum absolute atomic E-state index is 13.5. The number of nitrogens with zero attached hydrogens (tertiary/aromatic N) is 3. The first-order valence-electron chi connectivity index (χ1n) is 11.4. The monoisotopic (exact) mass is 423 g/mol. The smallest absolute Gasteiger partial charge is 0.256 e. The van der Waals surface area contributed by atoms with Crippen LogP contribution < -0.4 is 0 Å². The molecule has 2 aliphatic rings. The molecule has 4 heterocycles. The van der Waals surface area contributed by atoms with Gasteiger partial charge in [-0.15, -0.1) is 0 Å². The summed E-state index contributed by atoms with van der Waals surface area (Å²) in [5.74, 6) is 0.501. The molecule has 6 heteroatoms. The first kappa shape index (κ1) is 21.8. The minimum Gasteiger partial charge on any atom is -0.373 e. The number of Topliss-reactive ketones (excluding diaryl/α,β-unsaturated/α-hetero) is 1. The average molecular weight is 424 g/mol. The van der Waals surface area contributed by atoms with Crippen molar-refractivity contribution in [1.29, 1.82) is 0 Å². The Kier molecular flexibility index (Phi) is 6.28. The number of rotatable bonds is 6.